The first-order chi connectivity index (χ1) is 22.1. The highest BCUT2D eigenvalue weighted by molar-refractivity contribution is 7.92. The predicted molar refractivity (Wildman–Crippen MR) is 178 cm³/mol. The van der Waals surface area contributed by atoms with Crippen LogP contribution in [0.1, 0.15) is 30.9 Å². The van der Waals surface area contributed by atoms with E-state index in [2.05, 4.69) is 5.32 Å². The number of rotatable bonds is 15. The number of sulfonamides is 1. The molecule has 242 valence electrons. The smallest absolute Gasteiger partial charge is 0.264 e. The molecule has 1 N–H and O–H groups in total. The van der Waals surface area contributed by atoms with Crippen LogP contribution in [0, 0.1) is 5.82 Å². The van der Waals surface area contributed by atoms with E-state index in [4.69, 9.17) is 16.3 Å². The largest absolute Gasteiger partial charge is 0.495 e. The fourth-order valence-corrected chi connectivity index (χ4v) is 6.58. The fourth-order valence-electron chi connectivity index (χ4n) is 4.91. The van der Waals surface area contributed by atoms with Crippen LogP contribution in [0.2, 0.25) is 5.02 Å². The predicted octanol–water partition coefficient (Wildman–Crippen LogP) is 6.24. The Bertz CT molecular complexity index is 1710. The zero-order chi connectivity index (χ0) is 33.1. The molecule has 0 fully saturated rings. The number of benzene rings is 4. The number of nitrogens with one attached hydrogen (secondary N) is 1. The lowest BCUT2D eigenvalue weighted by Gasteiger charge is -2.34. The summed E-state index contributed by atoms with van der Waals surface area (Å²) in [6.07, 6.45) is 1.78. The van der Waals surface area contributed by atoms with E-state index >= 15 is 0 Å². The van der Waals surface area contributed by atoms with Crippen LogP contribution in [-0.2, 0) is 32.6 Å². The summed E-state index contributed by atoms with van der Waals surface area (Å²) in [6, 6.07) is 26.1. The van der Waals surface area contributed by atoms with E-state index in [9.17, 15) is 22.4 Å². The highest BCUT2D eigenvalue weighted by atomic mass is 35.5. The molecule has 0 saturated heterocycles. The third-order valence-electron chi connectivity index (χ3n) is 7.40. The van der Waals surface area contributed by atoms with Gasteiger partial charge in [0.1, 0.15) is 24.2 Å². The van der Waals surface area contributed by atoms with E-state index in [0.29, 0.717) is 17.9 Å². The Hall–Kier alpha value is -4.41. The minimum absolute atomic E-state index is 0.0297. The number of methoxy groups -OCH3 is 1. The Morgan fingerprint density at radius 2 is 1.57 bits per heavy atom. The van der Waals surface area contributed by atoms with Crippen molar-refractivity contribution in [3.63, 3.8) is 0 Å². The first-order valence-corrected chi connectivity index (χ1v) is 16.7. The summed E-state index contributed by atoms with van der Waals surface area (Å²) >= 11 is 6.41. The Labute approximate surface area is 274 Å². The van der Waals surface area contributed by atoms with Crippen LogP contribution in [0.4, 0.5) is 10.1 Å². The zero-order valence-electron chi connectivity index (χ0n) is 25.7. The molecule has 8 nitrogen and oxygen atoms in total. The van der Waals surface area contributed by atoms with Crippen LogP contribution in [0.15, 0.2) is 108 Å². The third kappa shape index (κ3) is 8.86. The van der Waals surface area contributed by atoms with Gasteiger partial charge in [-0.3, -0.25) is 13.9 Å². The number of hydrogen-bond donors (Lipinski definition) is 1. The van der Waals surface area contributed by atoms with Gasteiger partial charge in [0.2, 0.25) is 11.8 Å². The highest BCUT2D eigenvalue weighted by Gasteiger charge is 2.34. The second-order valence-corrected chi connectivity index (χ2v) is 12.9. The van der Waals surface area contributed by atoms with Crippen LogP contribution < -0.4 is 14.4 Å². The number of amides is 2. The first kappa shape index (κ1) is 34.5. The van der Waals surface area contributed by atoms with Crippen LogP contribution >= 0.6 is 11.6 Å². The second kappa shape index (κ2) is 16.2. The van der Waals surface area contributed by atoms with E-state index < -0.39 is 34.3 Å². The Morgan fingerprint density at radius 1 is 0.913 bits per heavy atom. The van der Waals surface area contributed by atoms with Crippen LogP contribution in [-0.4, -0.2) is 51.4 Å². The SMILES string of the molecule is CCCCNC(=O)[C@@H](Cc1ccccc1)N(Cc1ccc(F)cc1)C(=O)CN(c1ccc(OC)c(Cl)c1)S(=O)(=O)c1ccccc1. The number of ether oxygens (including phenoxy) is 1. The number of hydrogen-bond acceptors (Lipinski definition) is 5. The van der Waals surface area contributed by atoms with Crippen molar-refractivity contribution in [3.8, 4) is 5.75 Å². The molecule has 0 spiro atoms. The number of carbonyl (C=O) groups excluding carboxylic acids is 2. The fraction of sp³-hybridized carbons (Fsp3) is 0.257. The van der Waals surface area contributed by atoms with Gasteiger partial charge < -0.3 is 15.0 Å². The van der Waals surface area contributed by atoms with E-state index in [-0.39, 0.29) is 34.5 Å². The molecule has 0 heterocycles. The van der Waals surface area contributed by atoms with Crippen molar-refractivity contribution in [3.05, 3.63) is 125 Å². The van der Waals surface area contributed by atoms with Gasteiger partial charge in [0.15, 0.2) is 0 Å². The molecule has 0 aliphatic rings. The van der Waals surface area contributed by atoms with Gasteiger partial charge in [-0.1, -0.05) is 85.6 Å². The number of anilines is 1. The van der Waals surface area contributed by atoms with Crippen molar-refractivity contribution >= 4 is 39.1 Å². The van der Waals surface area contributed by atoms with E-state index in [0.717, 1.165) is 22.7 Å². The Balaban J connectivity index is 1.80. The molecule has 0 radical (unpaired) electrons. The number of unbranched alkanes of at least 4 members (excludes halogenated alkanes) is 1. The Kier molecular flexibility index (Phi) is 12.2. The maximum Gasteiger partial charge on any atom is 0.264 e. The highest BCUT2D eigenvalue weighted by Crippen LogP contribution is 2.32. The lowest BCUT2D eigenvalue weighted by atomic mass is 10.0. The number of nitrogens with zero attached hydrogens (tertiary/aromatic N) is 2. The van der Waals surface area contributed by atoms with Crippen molar-refractivity contribution in [1.29, 1.82) is 0 Å². The molecule has 0 aromatic heterocycles. The lowest BCUT2D eigenvalue weighted by molar-refractivity contribution is -0.140. The van der Waals surface area contributed by atoms with E-state index in [1.165, 1.54) is 66.6 Å². The monoisotopic (exact) mass is 665 g/mol. The molecule has 0 aliphatic carbocycles. The van der Waals surface area contributed by atoms with Gasteiger partial charge in [0, 0.05) is 19.5 Å². The summed E-state index contributed by atoms with van der Waals surface area (Å²) in [4.78, 5) is 29.6. The molecule has 0 unspecified atom stereocenters. The summed E-state index contributed by atoms with van der Waals surface area (Å²) < 4.78 is 48.2. The third-order valence-corrected chi connectivity index (χ3v) is 9.48. The molecule has 4 rings (SSSR count). The van der Waals surface area contributed by atoms with Gasteiger partial charge in [-0.2, -0.15) is 0 Å². The summed E-state index contributed by atoms with van der Waals surface area (Å²) in [6.45, 7) is 1.71. The topological polar surface area (TPSA) is 96.0 Å². The molecular weight excluding hydrogens is 629 g/mol. The van der Waals surface area contributed by atoms with Crippen molar-refractivity contribution in [1.82, 2.24) is 10.2 Å². The summed E-state index contributed by atoms with van der Waals surface area (Å²) in [5.74, 6) is -1.13. The molecule has 46 heavy (non-hydrogen) atoms. The second-order valence-electron chi connectivity index (χ2n) is 10.6. The normalized spacial score (nSPS) is 11.8. The summed E-state index contributed by atoms with van der Waals surface area (Å²) in [5, 5.41) is 3.09. The van der Waals surface area contributed by atoms with Crippen molar-refractivity contribution in [2.45, 2.75) is 43.7 Å². The Morgan fingerprint density at radius 3 is 2.17 bits per heavy atom. The van der Waals surface area contributed by atoms with Crippen LogP contribution in [0.5, 0.6) is 5.75 Å². The van der Waals surface area contributed by atoms with Gasteiger partial charge in [-0.25, -0.2) is 12.8 Å². The number of carbonyl (C=O) groups is 2. The van der Waals surface area contributed by atoms with Gasteiger partial charge in [-0.15, -0.1) is 0 Å². The van der Waals surface area contributed by atoms with Gasteiger partial charge in [-0.05, 0) is 60.0 Å². The average Bonchev–Trinajstić information content (AvgIpc) is 3.06. The van der Waals surface area contributed by atoms with Crippen LogP contribution in [0.25, 0.3) is 0 Å². The molecular formula is C35H37ClFN3O5S. The van der Waals surface area contributed by atoms with Gasteiger partial charge in [0.05, 0.1) is 22.7 Å². The van der Waals surface area contributed by atoms with E-state index in [1.807, 2.05) is 37.3 Å². The van der Waals surface area contributed by atoms with Crippen LogP contribution in [0.3, 0.4) is 0 Å². The van der Waals surface area contributed by atoms with E-state index in [1.54, 1.807) is 18.2 Å². The maximum atomic E-state index is 14.5. The first-order valence-electron chi connectivity index (χ1n) is 14.9. The zero-order valence-corrected chi connectivity index (χ0v) is 27.3. The average molecular weight is 666 g/mol. The molecule has 11 heteroatoms. The molecule has 2 amide bonds. The molecule has 1 atom stereocenters. The van der Waals surface area contributed by atoms with Gasteiger partial charge in [0.25, 0.3) is 10.0 Å². The molecule has 0 aliphatic heterocycles. The summed E-state index contributed by atoms with van der Waals surface area (Å²) in [7, 11) is -2.84. The number of halogens is 2. The standard InChI is InChI=1S/C35H37ClFN3O5S/c1-3-4-21-38-35(42)32(22-26-11-7-5-8-12-26)39(24-27-15-17-28(37)18-16-27)34(41)25-40(29-19-20-33(45-2)31(36)23-29)46(43,44)30-13-9-6-10-14-30/h5-20,23,32H,3-4,21-22,24-25H2,1-2H3,(H,38,42)/t32-/m1/s1. The maximum absolute atomic E-state index is 14.5. The molecule has 4 aromatic rings. The van der Waals surface area contributed by atoms with Crippen molar-refractivity contribution in [2.24, 2.45) is 0 Å². The van der Waals surface area contributed by atoms with Crippen molar-refractivity contribution in [2.75, 3.05) is 24.5 Å². The minimum Gasteiger partial charge on any atom is -0.495 e. The van der Waals surface area contributed by atoms with Gasteiger partial charge >= 0.3 is 0 Å². The van der Waals surface area contributed by atoms with Crippen molar-refractivity contribution < 1.29 is 27.1 Å². The quantitative estimate of drug-likeness (QED) is 0.152. The summed E-state index contributed by atoms with van der Waals surface area (Å²) in [5.41, 5.74) is 1.52. The molecule has 0 saturated carbocycles. The minimum atomic E-state index is -4.28. The molecule has 4 aromatic carbocycles. The lowest BCUT2D eigenvalue weighted by Crippen LogP contribution is -2.53. The molecule has 0 bridgehead atoms.